The Morgan fingerprint density at radius 2 is 0.970 bits per heavy atom. The highest BCUT2D eigenvalue weighted by Crippen LogP contribution is 2.38. The van der Waals surface area contributed by atoms with E-state index in [4.69, 9.17) is 0 Å². The Bertz CT molecular complexity index is 1110. The largest absolute Gasteiger partial charge is 0.416 e. The minimum Gasteiger partial charge on any atom is -0.201 e. The number of aryl methyl sites for hydroxylation is 2. The predicted octanol–water partition coefficient (Wildman–Crippen LogP) is 6.59. The van der Waals surface area contributed by atoms with Crippen LogP contribution in [0.5, 0.6) is 0 Å². The highest BCUT2D eigenvalue weighted by Gasteiger charge is 2.34. The lowest BCUT2D eigenvalue weighted by atomic mass is 9.87. The Kier molecular flexibility index (Phi) is 6.25. The molecule has 0 radical (unpaired) electrons. The third kappa shape index (κ3) is 5.13. The maximum atomic E-state index is 13.9. The SMILES string of the molecule is Cc1c(-c2ccc(C(C)(C)C)c[n+]2C)cc(C(F)(F)F)cc1-c1ccc(C(C)(C)C)c[n+]1C. The number of pyridine rings is 2. The molecular weight excluding hydrogens is 421 g/mol. The highest BCUT2D eigenvalue weighted by atomic mass is 19.4. The van der Waals surface area contributed by atoms with E-state index in [1.807, 2.05) is 66.8 Å². The summed E-state index contributed by atoms with van der Waals surface area (Å²) in [6.07, 6.45) is -0.426. The quantitative estimate of drug-likeness (QED) is 0.384. The third-order valence-electron chi connectivity index (χ3n) is 6.29. The first-order chi connectivity index (χ1) is 15.0. The predicted molar refractivity (Wildman–Crippen MR) is 127 cm³/mol. The minimum absolute atomic E-state index is 0.0487. The lowest BCUT2D eigenvalue weighted by Gasteiger charge is -2.19. The second-order valence-corrected chi connectivity index (χ2v) is 11.0. The van der Waals surface area contributed by atoms with Crippen molar-refractivity contribution in [2.24, 2.45) is 14.1 Å². The van der Waals surface area contributed by atoms with Gasteiger partial charge in [-0.25, -0.2) is 9.13 Å². The third-order valence-corrected chi connectivity index (χ3v) is 6.29. The smallest absolute Gasteiger partial charge is 0.201 e. The van der Waals surface area contributed by atoms with Gasteiger partial charge in [-0.3, -0.25) is 0 Å². The first-order valence-electron chi connectivity index (χ1n) is 11.2. The van der Waals surface area contributed by atoms with Crippen LogP contribution in [0.15, 0.2) is 48.8 Å². The Morgan fingerprint density at radius 1 is 0.606 bits per heavy atom. The van der Waals surface area contributed by atoms with Gasteiger partial charge in [0, 0.05) is 23.3 Å². The van der Waals surface area contributed by atoms with Crippen LogP contribution >= 0.6 is 0 Å². The van der Waals surface area contributed by atoms with Gasteiger partial charge in [0.05, 0.1) is 16.7 Å². The van der Waals surface area contributed by atoms with E-state index >= 15 is 0 Å². The highest BCUT2D eigenvalue weighted by molar-refractivity contribution is 5.74. The molecule has 0 fully saturated rings. The van der Waals surface area contributed by atoms with Gasteiger partial charge in [0.2, 0.25) is 11.4 Å². The maximum absolute atomic E-state index is 13.9. The fourth-order valence-electron chi connectivity index (χ4n) is 4.07. The van der Waals surface area contributed by atoms with Crippen molar-refractivity contribution in [1.82, 2.24) is 0 Å². The van der Waals surface area contributed by atoms with Crippen LogP contribution in [0.25, 0.3) is 22.5 Å². The minimum atomic E-state index is -4.44. The van der Waals surface area contributed by atoms with Gasteiger partial charge in [0.1, 0.15) is 14.1 Å². The van der Waals surface area contributed by atoms with Crippen molar-refractivity contribution in [2.75, 3.05) is 0 Å². The van der Waals surface area contributed by atoms with Crippen LogP contribution in [0.1, 0.15) is 63.8 Å². The number of rotatable bonds is 2. The van der Waals surface area contributed by atoms with E-state index in [-0.39, 0.29) is 10.8 Å². The van der Waals surface area contributed by atoms with Gasteiger partial charge in [-0.2, -0.15) is 13.2 Å². The topological polar surface area (TPSA) is 7.76 Å². The Hall–Kier alpha value is -2.69. The number of benzene rings is 1. The summed E-state index contributed by atoms with van der Waals surface area (Å²) in [4.78, 5) is 0. The molecule has 0 aliphatic heterocycles. The summed E-state index contributed by atoms with van der Waals surface area (Å²) in [5, 5.41) is 0. The van der Waals surface area contributed by atoms with Gasteiger partial charge in [0.25, 0.3) is 0 Å². The molecule has 0 atom stereocenters. The van der Waals surface area contributed by atoms with E-state index in [0.29, 0.717) is 11.1 Å². The van der Waals surface area contributed by atoms with Crippen LogP contribution in [0.4, 0.5) is 13.2 Å². The number of alkyl halides is 3. The van der Waals surface area contributed by atoms with Crippen LogP contribution in [-0.4, -0.2) is 0 Å². The van der Waals surface area contributed by atoms with Gasteiger partial charge < -0.3 is 0 Å². The number of hydrogen-bond donors (Lipinski definition) is 0. The van der Waals surface area contributed by atoms with Crippen LogP contribution < -0.4 is 9.13 Å². The molecule has 0 saturated carbocycles. The zero-order chi connectivity index (χ0) is 24.9. The van der Waals surface area contributed by atoms with Crippen LogP contribution in [0.2, 0.25) is 0 Å². The van der Waals surface area contributed by atoms with Crippen molar-refractivity contribution < 1.29 is 22.3 Å². The molecule has 3 aromatic rings. The number of hydrogen-bond acceptors (Lipinski definition) is 0. The van der Waals surface area contributed by atoms with Crippen molar-refractivity contribution in [3.8, 4) is 22.5 Å². The standard InChI is InChI=1S/C28H35F3N2/c1-18-22(24-12-10-19(16-32(24)8)26(2,3)4)14-21(28(29,30)31)15-23(18)25-13-11-20(17-33(25)9)27(5,6)7/h10-17H,1-9H3/q+2. The average molecular weight is 457 g/mol. The summed E-state index contributed by atoms with van der Waals surface area (Å²) >= 11 is 0. The molecule has 2 heterocycles. The molecule has 0 aliphatic carbocycles. The Morgan fingerprint density at radius 3 is 1.24 bits per heavy atom. The Labute approximate surface area is 195 Å². The molecule has 0 aliphatic rings. The van der Waals surface area contributed by atoms with Crippen molar-refractivity contribution in [1.29, 1.82) is 0 Å². The molecular formula is C28H35F3N2+2. The van der Waals surface area contributed by atoms with Crippen LogP contribution in [-0.2, 0) is 31.1 Å². The van der Waals surface area contributed by atoms with Crippen LogP contribution in [0.3, 0.4) is 0 Å². The lowest BCUT2D eigenvalue weighted by Crippen LogP contribution is -2.34. The fourth-order valence-corrected chi connectivity index (χ4v) is 4.07. The van der Waals surface area contributed by atoms with Gasteiger partial charge in [-0.05, 0) is 47.6 Å². The number of aromatic nitrogens is 2. The zero-order valence-electron chi connectivity index (χ0n) is 21.1. The van der Waals surface area contributed by atoms with E-state index in [9.17, 15) is 13.2 Å². The summed E-state index contributed by atoms with van der Waals surface area (Å²) in [6, 6.07) is 10.4. The lowest BCUT2D eigenvalue weighted by molar-refractivity contribution is -0.661. The molecule has 5 heteroatoms. The summed E-state index contributed by atoms with van der Waals surface area (Å²) in [6.45, 7) is 14.6. The molecule has 0 saturated heterocycles. The van der Waals surface area contributed by atoms with Gasteiger partial charge in [-0.15, -0.1) is 0 Å². The summed E-state index contributed by atoms with van der Waals surface area (Å²) < 4.78 is 45.7. The average Bonchev–Trinajstić information content (AvgIpc) is 2.66. The second-order valence-electron chi connectivity index (χ2n) is 11.0. The summed E-state index contributed by atoms with van der Waals surface area (Å²) in [7, 11) is 3.78. The van der Waals surface area contributed by atoms with E-state index in [0.717, 1.165) is 28.1 Å². The van der Waals surface area contributed by atoms with Gasteiger partial charge in [0.15, 0.2) is 12.4 Å². The molecule has 0 spiro atoms. The molecule has 0 amide bonds. The first kappa shape index (κ1) is 24.9. The van der Waals surface area contributed by atoms with E-state index in [1.165, 1.54) is 12.1 Å². The molecule has 3 rings (SSSR count). The van der Waals surface area contributed by atoms with Crippen molar-refractivity contribution in [2.45, 2.75) is 65.5 Å². The Balaban J connectivity index is 2.28. The van der Waals surface area contributed by atoms with Crippen molar-refractivity contribution in [3.63, 3.8) is 0 Å². The molecule has 2 nitrogen and oxygen atoms in total. The van der Waals surface area contributed by atoms with Gasteiger partial charge in [-0.1, -0.05) is 41.5 Å². The molecule has 2 aromatic heterocycles. The van der Waals surface area contributed by atoms with E-state index in [2.05, 4.69) is 41.5 Å². The molecule has 0 N–H and O–H groups in total. The number of nitrogens with zero attached hydrogens (tertiary/aromatic N) is 2. The molecule has 1 aromatic carbocycles. The fraction of sp³-hybridized carbons (Fsp3) is 0.429. The maximum Gasteiger partial charge on any atom is 0.416 e. The second kappa shape index (κ2) is 8.27. The normalized spacial score (nSPS) is 12.8. The van der Waals surface area contributed by atoms with Gasteiger partial charge >= 0.3 is 6.18 Å². The van der Waals surface area contributed by atoms with E-state index in [1.54, 1.807) is 0 Å². The molecule has 0 unspecified atom stereocenters. The summed E-state index contributed by atoms with van der Waals surface area (Å²) in [5.41, 5.74) is 5.01. The van der Waals surface area contributed by atoms with Crippen LogP contribution in [0, 0.1) is 6.92 Å². The molecule has 0 bridgehead atoms. The zero-order valence-corrected chi connectivity index (χ0v) is 21.1. The molecule has 33 heavy (non-hydrogen) atoms. The molecule has 176 valence electrons. The summed E-state index contributed by atoms with van der Waals surface area (Å²) in [5.74, 6) is 0. The monoisotopic (exact) mass is 456 g/mol. The van der Waals surface area contributed by atoms with E-state index < -0.39 is 11.7 Å². The van der Waals surface area contributed by atoms with Crippen molar-refractivity contribution >= 4 is 0 Å². The first-order valence-corrected chi connectivity index (χ1v) is 11.2. The van der Waals surface area contributed by atoms with Crippen molar-refractivity contribution in [3.05, 3.63) is 71.0 Å². The number of halogens is 3.